The Bertz CT molecular complexity index is 282. The van der Waals surface area contributed by atoms with Gasteiger partial charge in [0.15, 0.2) is 0 Å². The van der Waals surface area contributed by atoms with Crippen LogP contribution in [0.5, 0.6) is 0 Å². The molecular weight excluding hydrogens is 228 g/mol. The molecule has 0 aliphatic carbocycles. The summed E-state index contributed by atoms with van der Waals surface area (Å²) in [5, 5.41) is 3.37. The summed E-state index contributed by atoms with van der Waals surface area (Å²) in [4.78, 5) is 4.43. The van der Waals surface area contributed by atoms with E-state index < -0.39 is 0 Å². The molecule has 70 valence electrons. The Labute approximate surface area is 86.9 Å². The third-order valence-corrected chi connectivity index (χ3v) is 2.87. The van der Waals surface area contributed by atoms with Crippen molar-refractivity contribution in [3.63, 3.8) is 0 Å². The van der Waals surface area contributed by atoms with E-state index in [0.29, 0.717) is 0 Å². The van der Waals surface area contributed by atoms with E-state index in [1.165, 1.54) is 18.7 Å². The maximum absolute atomic E-state index is 4.43. The topological polar surface area (TPSA) is 24.9 Å². The second kappa shape index (κ2) is 4.20. The molecule has 2 rings (SSSR count). The minimum atomic E-state index is 0.779. The van der Waals surface area contributed by atoms with Crippen LogP contribution >= 0.6 is 15.9 Å². The Morgan fingerprint density at radius 3 is 3.15 bits per heavy atom. The number of nitrogens with zero attached hydrogens (tertiary/aromatic N) is 1. The molecule has 0 saturated carbocycles. The molecule has 1 unspecified atom stereocenters. The molecule has 1 aliphatic heterocycles. The zero-order valence-electron chi connectivity index (χ0n) is 7.46. The van der Waals surface area contributed by atoms with Gasteiger partial charge in [-0.05, 0) is 59.9 Å². The molecule has 0 radical (unpaired) electrons. The average Bonchev–Trinajstić information content (AvgIpc) is 2.57. The number of aromatic nitrogens is 1. The van der Waals surface area contributed by atoms with E-state index in [1.54, 1.807) is 0 Å². The fraction of sp³-hybridized carbons (Fsp3) is 0.500. The molecule has 1 aliphatic rings. The van der Waals surface area contributed by atoms with Crippen LogP contribution in [-0.2, 0) is 6.42 Å². The van der Waals surface area contributed by atoms with Crippen LogP contribution in [0.3, 0.4) is 0 Å². The second-order valence-electron chi connectivity index (χ2n) is 3.51. The summed E-state index contributed by atoms with van der Waals surface area (Å²) in [5.74, 6) is 0.779. The van der Waals surface area contributed by atoms with E-state index in [2.05, 4.69) is 38.4 Å². The van der Waals surface area contributed by atoms with E-state index in [4.69, 9.17) is 0 Å². The maximum Gasteiger partial charge on any atom is 0.106 e. The van der Waals surface area contributed by atoms with Gasteiger partial charge in [-0.25, -0.2) is 4.98 Å². The number of pyridine rings is 1. The van der Waals surface area contributed by atoms with Gasteiger partial charge < -0.3 is 5.32 Å². The Balaban J connectivity index is 2.00. The molecule has 1 fully saturated rings. The van der Waals surface area contributed by atoms with E-state index in [1.807, 2.05) is 6.07 Å². The van der Waals surface area contributed by atoms with Crippen molar-refractivity contribution in [2.75, 3.05) is 13.1 Å². The molecule has 2 nitrogen and oxygen atoms in total. The van der Waals surface area contributed by atoms with Crippen LogP contribution in [0.15, 0.2) is 22.8 Å². The number of hydrogen-bond donors (Lipinski definition) is 1. The Hall–Kier alpha value is -0.410. The van der Waals surface area contributed by atoms with Gasteiger partial charge in [-0.3, -0.25) is 0 Å². The fourth-order valence-corrected chi connectivity index (χ4v) is 2.13. The molecule has 0 amide bonds. The SMILES string of the molecule is Brc1cccc(CC2CCNC2)n1. The van der Waals surface area contributed by atoms with Crippen molar-refractivity contribution in [3.05, 3.63) is 28.5 Å². The number of nitrogens with one attached hydrogen (secondary N) is 1. The van der Waals surface area contributed by atoms with Crippen LogP contribution < -0.4 is 5.32 Å². The highest BCUT2D eigenvalue weighted by atomic mass is 79.9. The van der Waals surface area contributed by atoms with Gasteiger partial charge in [0.05, 0.1) is 0 Å². The molecule has 0 bridgehead atoms. The quantitative estimate of drug-likeness (QED) is 0.801. The largest absolute Gasteiger partial charge is 0.316 e. The van der Waals surface area contributed by atoms with Crippen molar-refractivity contribution in [1.82, 2.24) is 10.3 Å². The molecule has 1 N–H and O–H groups in total. The molecule has 3 heteroatoms. The lowest BCUT2D eigenvalue weighted by atomic mass is 10.0. The van der Waals surface area contributed by atoms with Crippen molar-refractivity contribution >= 4 is 15.9 Å². The standard InChI is InChI=1S/C10H13BrN2/c11-10-3-1-2-9(13-10)6-8-4-5-12-7-8/h1-3,8,12H,4-7H2. The third-order valence-electron chi connectivity index (χ3n) is 2.43. The van der Waals surface area contributed by atoms with Gasteiger partial charge >= 0.3 is 0 Å². The van der Waals surface area contributed by atoms with Crippen LogP contribution in [0.2, 0.25) is 0 Å². The summed E-state index contributed by atoms with van der Waals surface area (Å²) in [6.45, 7) is 2.31. The Morgan fingerprint density at radius 2 is 2.46 bits per heavy atom. The van der Waals surface area contributed by atoms with E-state index in [-0.39, 0.29) is 0 Å². The highest BCUT2D eigenvalue weighted by Gasteiger charge is 2.15. The maximum atomic E-state index is 4.43. The zero-order chi connectivity index (χ0) is 9.10. The number of hydrogen-bond acceptors (Lipinski definition) is 2. The van der Waals surface area contributed by atoms with Crippen molar-refractivity contribution in [1.29, 1.82) is 0 Å². The summed E-state index contributed by atoms with van der Waals surface area (Å²) in [5.41, 5.74) is 1.20. The smallest absolute Gasteiger partial charge is 0.106 e. The van der Waals surface area contributed by atoms with Crippen LogP contribution in [0.1, 0.15) is 12.1 Å². The summed E-state index contributed by atoms with van der Waals surface area (Å²) < 4.78 is 0.941. The van der Waals surface area contributed by atoms with Crippen molar-refractivity contribution in [2.45, 2.75) is 12.8 Å². The normalized spacial score (nSPS) is 22.1. The summed E-state index contributed by atoms with van der Waals surface area (Å²) >= 11 is 3.38. The Morgan fingerprint density at radius 1 is 1.54 bits per heavy atom. The van der Waals surface area contributed by atoms with Crippen LogP contribution in [0.25, 0.3) is 0 Å². The van der Waals surface area contributed by atoms with Crippen LogP contribution in [0.4, 0.5) is 0 Å². The molecule has 2 heterocycles. The zero-order valence-corrected chi connectivity index (χ0v) is 9.05. The Kier molecular flexibility index (Phi) is 2.96. The highest BCUT2D eigenvalue weighted by molar-refractivity contribution is 9.10. The molecule has 1 aromatic rings. The van der Waals surface area contributed by atoms with Gasteiger partial charge in [-0.2, -0.15) is 0 Å². The van der Waals surface area contributed by atoms with Gasteiger partial charge in [-0.15, -0.1) is 0 Å². The molecule has 1 atom stereocenters. The first kappa shape index (κ1) is 9.16. The van der Waals surface area contributed by atoms with E-state index >= 15 is 0 Å². The molecule has 1 aromatic heterocycles. The highest BCUT2D eigenvalue weighted by Crippen LogP contribution is 2.15. The van der Waals surface area contributed by atoms with Crippen LogP contribution in [0, 0.1) is 5.92 Å². The molecule has 0 spiro atoms. The van der Waals surface area contributed by atoms with E-state index in [0.717, 1.165) is 23.5 Å². The van der Waals surface area contributed by atoms with Gasteiger partial charge in [0.25, 0.3) is 0 Å². The molecule has 13 heavy (non-hydrogen) atoms. The monoisotopic (exact) mass is 240 g/mol. The van der Waals surface area contributed by atoms with Gasteiger partial charge in [0.2, 0.25) is 0 Å². The number of halogens is 1. The third kappa shape index (κ3) is 2.51. The minimum Gasteiger partial charge on any atom is -0.316 e. The predicted octanol–water partition coefficient (Wildman–Crippen LogP) is 2.00. The second-order valence-corrected chi connectivity index (χ2v) is 4.33. The molecule has 1 saturated heterocycles. The van der Waals surface area contributed by atoms with Crippen molar-refractivity contribution in [3.8, 4) is 0 Å². The van der Waals surface area contributed by atoms with Gasteiger partial charge in [0.1, 0.15) is 4.60 Å². The lowest BCUT2D eigenvalue weighted by Gasteiger charge is -2.06. The number of rotatable bonds is 2. The summed E-state index contributed by atoms with van der Waals surface area (Å²) in [6, 6.07) is 6.12. The first-order valence-electron chi connectivity index (χ1n) is 4.67. The summed E-state index contributed by atoms with van der Waals surface area (Å²) in [7, 11) is 0. The minimum absolute atomic E-state index is 0.779. The summed E-state index contributed by atoms with van der Waals surface area (Å²) in [6.07, 6.45) is 2.39. The fourth-order valence-electron chi connectivity index (χ4n) is 1.75. The predicted molar refractivity (Wildman–Crippen MR) is 56.6 cm³/mol. The van der Waals surface area contributed by atoms with Crippen molar-refractivity contribution < 1.29 is 0 Å². The van der Waals surface area contributed by atoms with E-state index in [9.17, 15) is 0 Å². The molecular formula is C10H13BrN2. The van der Waals surface area contributed by atoms with Gasteiger partial charge in [0, 0.05) is 5.69 Å². The first-order valence-corrected chi connectivity index (χ1v) is 5.46. The van der Waals surface area contributed by atoms with Gasteiger partial charge in [-0.1, -0.05) is 6.07 Å². The van der Waals surface area contributed by atoms with Crippen LogP contribution in [-0.4, -0.2) is 18.1 Å². The lowest BCUT2D eigenvalue weighted by molar-refractivity contribution is 0.571. The first-order chi connectivity index (χ1) is 6.34. The average molecular weight is 241 g/mol. The lowest BCUT2D eigenvalue weighted by Crippen LogP contribution is -2.11. The van der Waals surface area contributed by atoms with Crippen molar-refractivity contribution in [2.24, 2.45) is 5.92 Å². The molecule has 0 aromatic carbocycles.